The van der Waals surface area contributed by atoms with Crippen molar-refractivity contribution in [1.82, 2.24) is 9.97 Å². The number of ether oxygens (including phenoxy) is 2. The quantitative estimate of drug-likeness (QED) is 0.477. The molecule has 0 saturated carbocycles. The topological polar surface area (TPSA) is 102 Å². The van der Waals surface area contributed by atoms with Crippen LogP contribution < -0.4 is 0 Å². The molecule has 0 aliphatic carbocycles. The van der Waals surface area contributed by atoms with Crippen LogP contribution in [0.4, 0.5) is 0 Å². The summed E-state index contributed by atoms with van der Waals surface area (Å²) in [6, 6.07) is 15.7. The van der Waals surface area contributed by atoms with Crippen LogP contribution in [0.1, 0.15) is 26.3 Å². The van der Waals surface area contributed by atoms with Crippen LogP contribution in [0, 0.1) is 11.3 Å². The number of hydrogen-bond donors (Lipinski definition) is 0. The Bertz CT molecular complexity index is 1030. The Morgan fingerprint density at radius 2 is 1.48 bits per heavy atom. The molecule has 2 heterocycles. The zero-order valence-corrected chi connectivity index (χ0v) is 16.4. The summed E-state index contributed by atoms with van der Waals surface area (Å²) in [6.45, 7) is 0. The maximum absolute atomic E-state index is 11.3. The number of nitriles is 1. The van der Waals surface area contributed by atoms with Crippen molar-refractivity contribution in [3.05, 3.63) is 82.8 Å². The van der Waals surface area contributed by atoms with E-state index in [1.807, 2.05) is 12.1 Å². The summed E-state index contributed by atoms with van der Waals surface area (Å²) in [5, 5.41) is 9.37. The number of carbonyl (C=O) groups is 2. The molecular weight excluding hydrogens is 394 g/mol. The number of methoxy groups -OCH3 is 2. The maximum atomic E-state index is 11.3. The van der Waals surface area contributed by atoms with Crippen LogP contribution in [0.3, 0.4) is 0 Å². The largest absolute Gasteiger partial charge is 0.465 e. The van der Waals surface area contributed by atoms with Gasteiger partial charge in [0.25, 0.3) is 0 Å². The summed E-state index contributed by atoms with van der Waals surface area (Å²) in [5.41, 5.74) is 2.74. The summed E-state index contributed by atoms with van der Waals surface area (Å²) in [5.74, 6) is -0.836. The van der Waals surface area contributed by atoms with Crippen LogP contribution in [-0.2, 0) is 9.47 Å². The monoisotopic (exact) mass is 409 g/mol. The van der Waals surface area contributed by atoms with Gasteiger partial charge in [-0.1, -0.05) is 29.8 Å². The van der Waals surface area contributed by atoms with E-state index >= 15 is 0 Å². The molecule has 8 heteroatoms. The minimum atomic E-state index is -0.428. The standard InChI is InChI=1S/C14H10N2O2.C7H6ClNO2/c1-18-14(17)11-6-7-13(16-9-11)12-5-3-2-4-10(12)8-15;1-11-7(10)5-2-3-6(8)9-4-5/h2-7,9H,1H3;2-4H,1H3. The molecule has 0 fully saturated rings. The number of esters is 2. The number of halogens is 1. The van der Waals surface area contributed by atoms with E-state index < -0.39 is 11.9 Å². The van der Waals surface area contributed by atoms with Gasteiger partial charge in [-0.25, -0.2) is 14.6 Å². The zero-order valence-electron chi connectivity index (χ0n) is 15.6. The maximum Gasteiger partial charge on any atom is 0.339 e. The van der Waals surface area contributed by atoms with Crippen molar-refractivity contribution in [2.75, 3.05) is 14.2 Å². The van der Waals surface area contributed by atoms with E-state index in [4.69, 9.17) is 16.9 Å². The van der Waals surface area contributed by atoms with Crippen LogP contribution in [0.2, 0.25) is 5.15 Å². The van der Waals surface area contributed by atoms with Crippen LogP contribution in [0.5, 0.6) is 0 Å². The molecule has 0 radical (unpaired) electrons. The van der Waals surface area contributed by atoms with Gasteiger partial charge in [-0.05, 0) is 30.3 Å². The number of benzene rings is 1. The Labute approximate surface area is 172 Å². The molecule has 2 aromatic heterocycles. The molecule has 0 amide bonds. The van der Waals surface area contributed by atoms with E-state index in [-0.39, 0.29) is 0 Å². The van der Waals surface area contributed by atoms with Crippen molar-refractivity contribution in [2.24, 2.45) is 0 Å². The molecule has 0 atom stereocenters. The van der Waals surface area contributed by atoms with Gasteiger partial charge in [0.1, 0.15) is 5.15 Å². The van der Waals surface area contributed by atoms with Crippen molar-refractivity contribution >= 4 is 23.5 Å². The lowest BCUT2D eigenvalue weighted by atomic mass is 10.0. The Hall–Kier alpha value is -3.76. The van der Waals surface area contributed by atoms with E-state index in [9.17, 15) is 9.59 Å². The highest BCUT2D eigenvalue weighted by Gasteiger charge is 2.08. The summed E-state index contributed by atoms with van der Waals surface area (Å²) < 4.78 is 9.05. The average molecular weight is 410 g/mol. The van der Waals surface area contributed by atoms with Gasteiger partial charge in [-0.2, -0.15) is 5.26 Å². The molecule has 0 N–H and O–H groups in total. The molecular formula is C21H16ClN3O4. The summed E-state index contributed by atoms with van der Waals surface area (Å²) in [6.07, 6.45) is 2.81. The van der Waals surface area contributed by atoms with Gasteiger partial charge in [0.05, 0.1) is 42.7 Å². The molecule has 0 bridgehead atoms. The highest BCUT2D eigenvalue weighted by Crippen LogP contribution is 2.21. The Morgan fingerprint density at radius 3 is 1.97 bits per heavy atom. The Balaban J connectivity index is 0.000000234. The van der Waals surface area contributed by atoms with Crippen molar-refractivity contribution in [2.45, 2.75) is 0 Å². The van der Waals surface area contributed by atoms with Crippen molar-refractivity contribution in [3.8, 4) is 17.3 Å². The number of carbonyl (C=O) groups excluding carboxylic acids is 2. The summed E-state index contributed by atoms with van der Waals surface area (Å²) >= 11 is 5.50. The van der Waals surface area contributed by atoms with E-state index in [1.54, 1.807) is 30.3 Å². The predicted molar refractivity (Wildman–Crippen MR) is 106 cm³/mol. The van der Waals surface area contributed by atoms with Crippen LogP contribution in [-0.4, -0.2) is 36.1 Å². The minimum Gasteiger partial charge on any atom is -0.465 e. The molecule has 0 aliphatic heterocycles. The summed E-state index contributed by atoms with van der Waals surface area (Å²) in [4.78, 5) is 30.0. The zero-order chi connectivity index (χ0) is 21.2. The number of hydrogen-bond acceptors (Lipinski definition) is 7. The van der Waals surface area contributed by atoms with E-state index in [2.05, 4.69) is 25.5 Å². The Morgan fingerprint density at radius 1 is 0.897 bits per heavy atom. The molecule has 0 aliphatic rings. The lowest BCUT2D eigenvalue weighted by Gasteiger charge is -2.04. The minimum absolute atomic E-state index is 0.359. The fourth-order valence-corrected chi connectivity index (χ4v) is 2.32. The van der Waals surface area contributed by atoms with E-state index in [0.29, 0.717) is 27.5 Å². The molecule has 0 spiro atoms. The third-order valence-electron chi connectivity index (χ3n) is 3.66. The normalized spacial score (nSPS) is 9.45. The number of nitrogens with zero attached hydrogens (tertiary/aromatic N) is 3. The number of aromatic nitrogens is 2. The first-order valence-electron chi connectivity index (χ1n) is 8.24. The van der Waals surface area contributed by atoms with Crippen molar-refractivity contribution in [3.63, 3.8) is 0 Å². The van der Waals surface area contributed by atoms with Crippen LogP contribution in [0.15, 0.2) is 60.9 Å². The highest BCUT2D eigenvalue weighted by atomic mass is 35.5. The van der Waals surface area contributed by atoms with Gasteiger partial charge in [0, 0.05) is 18.0 Å². The first-order chi connectivity index (χ1) is 14.0. The lowest BCUT2D eigenvalue weighted by Crippen LogP contribution is -2.01. The van der Waals surface area contributed by atoms with Crippen molar-refractivity contribution in [1.29, 1.82) is 5.26 Å². The number of pyridine rings is 2. The smallest absolute Gasteiger partial charge is 0.339 e. The fourth-order valence-electron chi connectivity index (χ4n) is 2.21. The van der Waals surface area contributed by atoms with Gasteiger partial charge >= 0.3 is 11.9 Å². The fraction of sp³-hybridized carbons (Fsp3) is 0.0952. The first kappa shape index (κ1) is 21.5. The van der Waals surface area contributed by atoms with Crippen molar-refractivity contribution < 1.29 is 19.1 Å². The summed E-state index contributed by atoms with van der Waals surface area (Å²) in [7, 11) is 2.64. The molecule has 29 heavy (non-hydrogen) atoms. The molecule has 0 saturated heterocycles. The third kappa shape index (κ3) is 5.86. The molecule has 0 unspecified atom stereocenters. The predicted octanol–water partition coefficient (Wildman–Crippen LogP) is 3.93. The highest BCUT2D eigenvalue weighted by molar-refractivity contribution is 6.29. The van der Waals surface area contributed by atoms with Gasteiger partial charge < -0.3 is 9.47 Å². The van der Waals surface area contributed by atoms with Gasteiger partial charge in [0.2, 0.25) is 0 Å². The molecule has 3 rings (SSSR count). The Kier molecular flexibility index (Phi) is 7.83. The first-order valence-corrected chi connectivity index (χ1v) is 8.61. The second-order valence-corrected chi connectivity index (χ2v) is 5.83. The molecule has 3 aromatic rings. The van der Waals surface area contributed by atoms with Gasteiger partial charge in [-0.15, -0.1) is 0 Å². The molecule has 7 nitrogen and oxygen atoms in total. The van der Waals surface area contributed by atoms with Gasteiger partial charge in [0.15, 0.2) is 0 Å². The third-order valence-corrected chi connectivity index (χ3v) is 3.88. The molecule has 146 valence electrons. The average Bonchev–Trinajstić information content (AvgIpc) is 2.79. The van der Waals surface area contributed by atoms with E-state index in [1.165, 1.54) is 32.7 Å². The van der Waals surface area contributed by atoms with Crippen LogP contribution in [0.25, 0.3) is 11.3 Å². The SMILES string of the molecule is COC(=O)c1ccc(-c2ccccc2C#N)nc1.COC(=O)c1ccc(Cl)nc1. The number of rotatable bonds is 3. The van der Waals surface area contributed by atoms with Crippen LogP contribution >= 0.6 is 11.6 Å². The lowest BCUT2D eigenvalue weighted by molar-refractivity contribution is 0.0591. The second-order valence-electron chi connectivity index (χ2n) is 5.44. The van der Waals surface area contributed by atoms with E-state index in [0.717, 1.165) is 5.56 Å². The second kappa shape index (κ2) is 10.5. The molecule has 1 aromatic carbocycles. The van der Waals surface area contributed by atoms with Gasteiger partial charge in [-0.3, -0.25) is 4.98 Å².